The SMILES string of the molecule is c1ccc(-c2c3ccccc3c(-c3nc4cccc5c4n3-c3ccccc3O5)c3ccccc23)cc1. The van der Waals surface area contributed by atoms with Gasteiger partial charge in [-0.1, -0.05) is 97.1 Å². The Kier molecular flexibility index (Phi) is 3.94. The average molecular weight is 461 g/mol. The lowest BCUT2D eigenvalue weighted by atomic mass is 9.88. The Morgan fingerprint density at radius 3 is 1.81 bits per heavy atom. The minimum Gasteiger partial charge on any atom is -0.453 e. The van der Waals surface area contributed by atoms with Crippen molar-refractivity contribution in [3.63, 3.8) is 0 Å². The first-order chi connectivity index (χ1) is 17.9. The van der Waals surface area contributed by atoms with E-state index in [1.807, 2.05) is 24.3 Å². The zero-order valence-corrected chi connectivity index (χ0v) is 19.3. The van der Waals surface area contributed by atoms with Crippen molar-refractivity contribution in [3.8, 4) is 39.7 Å². The standard InChI is InChI=1S/C33H20N2O/c1-2-11-21(12-3-1)30-22-13-4-6-15-24(22)31(25-16-7-5-14-23(25)30)33-34-26-17-10-20-29-32(26)35(33)27-18-8-9-19-28(27)36-29/h1-20H. The van der Waals surface area contributed by atoms with E-state index in [0.29, 0.717) is 0 Å². The topological polar surface area (TPSA) is 27.1 Å². The van der Waals surface area contributed by atoms with E-state index in [0.717, 1.165) is 39.6 Å². The van der Waals surface area contributed by atoms with E-state index in [2.05, 4.69) is 102 Å². The van der Waals surface area contributed by atoms with Gasteiger partial charge in [-0.2, -0.15) is 0 Å². The molecule has 3 nitrogen and oxygen atoms in total. The molecule has 168 valence electrons. The second-order valence-electron chi connectivity index (χ2n) is 9.17. The fourth-order valence-corrected chi connectivity index (χ4v) is 5.71. The van der Waals surface area contributed by atoms with Gasteiger partial charge in [-0.25, -0.2) is 4.98 Å². The molecule has 0 spiro atoms. The van der Waals surface area contributed by atoms with E-state index >= 15 is 0 Å². The van der Waals surface area contributed by atoms with Crippen molar-refractivity contribution < 1.29 is 4.74 Å². The molecular weight excluding hydrogens is 440 g/mol. The Morgan fingerprint density at radius 1 is 0.500 bits per heavy atom. The van der Waals surface area contributed by atoms with E-state index in [1.165, 1.54) is 32.7 Å². The summed E-state index contributed by atoms with van der Waals surface area (Å²) in [5, 5.41) is 4.81. The third-order valence-electron chi connectivity index (χ3n) is 7.18. The predicted molar refractivity (Wildman–Crippen MR) is 147 cm³/mol. The highest BCUT2D eigenvalue weighted by atomic mass is 16.5. The van der Waals surface area contributed by atoms with Gasteiger partial charge in [0.05, 0.1) is 11.2 Å². The highest BCUT2D eigenvalue weighted by Gasteiger charge is 2.27. The van der Waals surface area contributed by atoms with Crippen LogP contribution in [0.25, 0.3) is 60.8 Å². The van der Waals surface area contributed by atoms with Gasteiger partial charge in [0.2, 0.25) is 0 Å². The van der Waals surface area contributed by atoms with E-state index in [9.17, 15) is 0 Å². The lowest BCUT2D eigenvalue weighted by molar-refractivity contribution is 0.476. The molecule has 0 atom stereocenters. The van der Waals surface area contributed by atoms with Gasteiger partial charge in [0, 0.05) is 5.56 Å². The van der Waals surface area contributed by atoms with Crippen LogP contribution in [0.1, 0.15) is 0 Å². The van der Waals surface area contributed by atoms with Gasteiger partial charge in [0.15, 0.2) is 11.5 Å². The molecule has 1 aliphatic heterocycles. The number of para-hydroxylation sites is 3. The second-order valence-corrected chi connectivity index (χ2v) is 9.17. The van der Waals surface area contributed by atoms with Crippen molar-refractivity contribution in [2.24, 2.45) is 0 Å². The fourth-order valence-electron chi connectivity index (χ4n) is 5.71. The number of aromatic nitrogens is 2. The Bertz CT molecular complexity index is 1910. The Balaban J connectivity index is 1.59. The molecule has 0 saturated carbocycles. The zero-order valence-electron chi connectivity index (χ0n) is 19.3. The first-order valence-electron chi connectivity index (χ1n) is 12.2. The van der Waals surface area contributed by atoms with Crippen molar-refractivity contribution in [3.05, 3.63) is 121 Å². The van der Waals surface area contributed by atoms with Crippen LogP contribution in [0.2, 0.25) is 0 Å². The quantitative estimate of drug-likeness (QED) is 0.241. The van der Waals surface area contributed by atoms with Crippen LogP contribution in [-0.2, 0) is 0 Å². The van der Waals surface area contributed by atoms with Gasteiger partial charge in [0.1, 0.15) is 11.3 Å². The summed E-state index contributed by atoms with van der Waals surface area (Å²) in [4.78, 5) is 5.24. The summed E-state index contributed by atoms with van der Waals surface area (Å²) in [6.45, 7) is 0. The number of fused-ring (bicyclic) bond motifs is 4. The maximum absolute atomic E-state index is 6.29. The molecule has 36 heavy (non-hydrogen) atoms. The van der Waals surface area contributed by atoms with Crippen LogP contribution >= 0.6 is 0 Å². The van der Waals surface area contributed by atoms with E-state index in [4.69, 9.17) is 9.72 Å². The van der Waals surface area contributed by atoms with Gasteiger partial charge in [-0.15, -0.1) is 0 Å². The summed E-state index contributed by atoms with van der Waals surface area (Å²) in [6.07, 6.45) is 0. The van der Waals surface area contributed by atoms with Crippen LogP contribution in [0.3, 0.4) is 0 Å². The third kappa shape index (κ3) is 2.60. The lowest BCUT2D eigenvalue weighted by Gasteiger charge is -2.22. The number of hydrogen-bond acceptors (Lipinski definition) is 2. The molecule has 3 heteroatoms. The molecule has 1 aliphatic rings. The number of benzene rings is 6. The summed E-state index contributed by atoms with van der Waals surface area (Å²) >= 11 is 0. The largest absolute Gasteiger partial charge is 0.453 e. The molecule has 7 aromatic rings. The molecule has 0 radical (unpaired) electrons. The van der Waals surface area contributed by atoms with Crippen molar-refractivity contribution >= 4 is 32.6 Å². The van der Waals surface area contributed by atoms with Crippen molar-refractivity contribution in [1.82, 2.24) is 9.55 Å². The molecule has 0 aliphatic carbocycles. The van der Waals surface area contributed by atoms with E-state index in [1.54, 1.807) is 0 Å². The van der Waals surface area contributed by atoms with Gasteiger partial charge >= 0.3 is 0 Å². The number of rotatable bonds is 2. The Morgan fingerprint density at radius 2 is 1.08 bits per heavy atom. The number of hydrogen-bond donors (Lipinski definition) is 0. The molecule has 0 N–H and O–H groups in total. The zero-order chi connectivity index (χ0) is 23.6. The maximum atomic E-state index is 6.29. The van der Waals surface area contributed by atoms with Crippen LogP contribution in [-0.4, -0.2) is 9.55 Å². The molecule has 6 aromatic carbocycles. The Hall–Kier alpha value is -4.89. The van der Waals surface area contributed by atoms with Crippen molar-refractivity contribution in [2.75, 3.05) is 0 Å². The average Bonchev–Trinajstić information content (AvgIpc) is 3.33. The molecule has 1 aromatic heterocycles. The first-order valence-corrected chi connectivity index (χ1v) is 12.2. The van der Waals surface area contributed by atoms with Gasteiger partial charge in [-0.05, 0) is 56.9 Å². The molecule has 2 heterocycles. The number of nitrogens with zero attached hydrogens (tertiary/aromatic N) is 2. The molecule has 0 unspecified atom stereocenters. The monoisotopic (exact) mass is 460 g/mol. The smallest absolute Gasteiger partial charge is 0.153 e. The lowest BCUT2D eigenvalue weighted by Crippen LogP contribution is -2.06. The van der Waals surface area contributed by atoms with Crippen LogP contribution < -0.4 is 4.74 Å². The van der Waals surface area contributed by atoms with Crippen molar-refractivity contribution in [2.45, 2.75) is 0 Å². The normalized spacial score (nSPS) is 12.1. The van der Waals surface area contributed by atoms with Crippen LogP contribution in [0.5, 0.6) is 11.5 Å². The molecule has 0 bridgehead atoms. The van der Waals surface area contributed by atoms with Crippen LogP contribution in [0.4, 0.5) is 0 Å². The minimum absolute atomic E-state index is 0.833. The third-order valence-corrected chi connectivity index (χ3v) is 7.18. The molecule has 0 fully saturated rings. The first kappa shape index (κ1) is 19.4. The van der Waals surface area contributed by atoms with Gasteiger partial charge in [-0.3, -0.25) is 4.57 Å². The van der Waals surface area contributed by atoms with Crippen LogP contribution in [0, 0.1) is 0 Å². The highest BCUT2D eigenvalue weighted by Crippen LogP contribution is 2.48. The highest BCUT2D eigenvalue weighted by molar-refractivity contribution is 6.21. The van der Waals surface area contributed by atoms with Crippen LogP contribution in [0.15, 0.2) is 121 Å². The fraction of sp³-hybridized carbons (Fsp3) is 0. The van der Waals surface area contributed by atoms with E-state index < -0.39 is 0 Å². The second kappa shape index (κ2) is 7.30. The summed E-state index contributed by atoms with van der Waals surface area (Å²) in [7, 11) is 0. The Labute approximate surface area is 207 Å². The van der Waals surface area contributed by atoms with Gasteiger partial charge < -0.3 is 4.74 Å². The molecule has 0 saturated heterocycles. The molecule has 0 amide bonds. The van der Waals surface area contributed by atoms with Crippen molar-refractivity contribution in [1.29, 1.82) is 0 Å². The summed E-state index contributed by atoms with van der Waals surface area (Å²) < 4.78 is 8.57. The summed E-state index contributed by atoms with van der Waals surface area (Å²) in [5.41, 5.74) is 6.55. The minimum atomic E-state index is 0.833. The molecule has 8 rings (SSSR count). The maximum Gasteiger partial charge on any atom is 0.153 e. The number of imidazole rings is 1. The van der Waals surface area contributed by atoms with Gasteiger partial charge in [0.25, 0.3) is 0 Å². The summed E-state index contributed by atoms with van der Waals surface area (Å²) in [6, 6.07) is 42.4. The predicted octanol–water partition coefficient (Wildman–Crippen LogP) is 8.77. The molecular formula is C33H20N2O. The number of ether oxygens (including phenoxy) is 1. The summed E-state index contributed by atoms with van der Waals surface area (Å²) in [5.74, 6) is 2.60. The van der Waals surface area contributed by atoms with E-state index in [-0.39, 0.29) is 0 Å².